The molecule has 4 aliphatic carbocycles. The van der Waals surface area contributed by atoms with Crippen LogP contribution in [0.1, 0.15) is 40.0 Å². The first kappa shape index (κ1) is 16.8. The van der Waals surface area contributed by atoms with Crippen molar-refractivity contribution in [3.63, 3.8) is 0 Å². The van der Waals surface area contributed by atoms with Crippen LogP contribution in [-0.2, 0) is 9.53 Å². The molecular formula is C21H26O4. The van der Waals surface area contributed by atoms with Crippen LogP contribution in [0.15, 0.2) is 47.6 Å². The molecule has 0 aromatic rings. The highest BCUT2D eigenvalue weighted by Crippen LogP contribution is 2.61. The van der Waals surface area contributed by atoms with Gasteiger partial charge in [0.05, 0.1) is 6.10 Å². The van der Waals surface area contributed by atoms with Crippen LogP contribution >= 0.6 is 0 Å². The van der Waals surface area contributed by atoms with Crippen molar-refractivity contribution in [1.82, 2.24) is 0 Å². The van der Waals surface area contributed by atoms with Crippen molar-refractivity contribution in [2.75, 3.05) is 0 Å². The summed E-state index contributed by atoms with van der Waals surface area (Å²) in [7, 11) is 0. The average molecular weight is 342 g/mol. The molecule has 4 heteroatoms. The van der Waals surface area contributed by atoms with Gasteiger partial charge in [-0.3, -0.25) is 4.79 Å². The molecule has 0 aromatic heterocycles. The van der Waals surface area contributed by atoms with Gasteiger partial charge >= 0.3 is 5.97 Å². The van der Waals surface area contributed by atoms with Crippen molar-refractivity contribution in [2.24, 2.45) is 22.7 Å². The molecule has 0 unspecified atom stereocenters. The van der Waals surface area contributed by atoms with Crippen LogP contribution in [0.25, 0.3) is 0 Å². The van der Waals surface area contributed by atoms with Crippen molar-refractivity contribution in [1.29, 1.82) is 0 Å². The lowest BCUT2D eigenvalue weighted by Gasteiger charge is -2.53. The molecule has 2 N–H and O–H groups in total. The maximum Gasteiger partial charge on any atom is 0.305 e. The summed E-state index contributed by atoms with van der Waals surface area (Å²) >= 11 is 0. The van der Waals surface area contributed by atoms with Crippen LogP contribution in [0.5, 0.6) is 0 Å². The molecule has 0 aromatic carbocycles. The summed E-state index contributed by atoms with van der Waals surface area (Å²) in [6, 6.07) is 0. The zero-order chi connectivity index (χ0) is 18.0. The molecule has 0 radical (unpaired) electrons. The van der Waals surface area contributed by atoms with Gasteiger partial charge in [-0.2, -0.15) is 0 Å². The summed E-state index contributed by atoms with van der Waals surface area (Å²) in [6.45, 7) is 5.70. The van der Waals surface area contributed by atoms with E-state index in [1.807, 2.05) is 12.2 Å². The Morgan fingerprint density at radius 3 is 2.72 bits per heavy atom. The minimum absolute atomic E-state index is 0.110. The maximum absolute atomic E-state index is 11.3. The Bertz CT molecular complexity index is 745. The predicted molar refractivity (Wildman–Crippen MR) is 94.2 cm³/mol. The van der Waals surface area contributed by atoms with Crippen molar-refractivity contribution >= 4 is 5.97 Å². The number of esters is 1. The number of allylic oxidation sites excluding steroid dienone is 5. The molecule has 6 atom stereocenters. The fraction of sp³-hybridized carbons (Fsp3) is 0.571. The number of rotatable bonds is 1. The van der Waals surface area contributed by atoms with Gasteiger partial charge in [0.25, 0.3) is 0 Å². The van der Waals surface area contributed by atoms with Crippen LogP contribution < -0.4 is 0 Å². The fourth-order valence-electron chi connectivity index (χ4n) is 5.37. The van der Waals surface area contributed by atoms with Gasteiger partial charge in [-0.1, -0.05) is 55.4 Å². The summed E-state index contributed by atoms with van der Waals surface area (Å²) in [5, 5.41) is 21.0. The zero-order valence-corrected chi connectivity index (χ0v) is 15.0. The second kappa shape index (κ2) is 5.18. The maximum atomic E-state index is 11.3. The summed E-state index contributed by atoms with van der Waals surface area (Å²) in [6.07, 6.45) is 13.9. The molecule has 0 bridgehead atoms. The molecule has 4 nitrogen and oxygen atoms in total. The number of hydrogen-bond acceptors (Lipinski definition) is 4. The summed E-state index contributed by atoms with van der Waals surface area (Å²) in [4.78, 5) is 11.3. The Kier molecular flexibility index (Phi) is 3.48. The molecule has 25 heavy (non-hydrogen) atoms. The molecule has 134 valence electrons. The normalized spacial score (nSPS) is 47.3. The van der Waals surface area contributed by atoms with Gasteiger partial charge in [-0.05, 0) is 24.8 Å². The van der Waals surface area contributed by atoms with Crippen LogP contribution in [0, 0.1) is 22.7 Å². The molecule has 0 amide bonds. The highest BCUT2D eigenvalue weighted by molar-refractivity contribution is 5.67. The van der Waals surface area contributed by atoms with Gasteiger partial charge in [0, 0.05) is 30.1 Å². The minimum Gasteiger partial charge on any atom is -0.429 e. The first-order chi connectivity index (χ1) is 11.7. The monoisotopic (exact) mass is 342 g/mol. The SMILES string of the molecule is CC(=O)O[C@]1(O)C=C[C@@]2(C)C(=CC=C3[C@@H]4C=C[C@H](O)[C@@]4(C)CC[C@@H]32)C1. The van der Waals surface area contributed by atoms with Gasteiger partial charge in [-0.15, -0.1) is 0 Å². The standard InChI is InChI=1S/C21H26O4/c1-13(22)25-21(24)11-10-19(2)14(12-21)4-5-15-16-6-7-18(23)20(16,3)9-8-17(15)19/h4-7,10-11,16-18,23-24H,8-9,12H2,1-3H3/t16-,17-,18-,19-,20-,21+/m0/s1. The topological polar surface area (TPSA) is 66.8 Å². The highest BCUT2D eigenvalue weighted by atomic mass is 16.7. The Morgan fingerprint density at radius 2 is 2.00 bits per heavy atom. The average Bonchev–Trinajstić information content (AvgIpc) is 2.83. The lowest BCUT2D eigenvalue weighted by atomic mass is 9.52. The first-order valence-corrected chi connectivity index (χ1v) is 9.08. The Labute approximate surface area is 148 Å². The lowest BCUT2D eigenvalue weighted by molar-refractivity contribution is -0.189. The van der Waals surface area contributed by atoms with Crippen molar-refractivity contribution in [3.8, 4) is 0 Å². The number of aliphatic hydroxyl groups excluding tert-OH is 1. The Balaban J connectivity index is 1.72. The Hall–Kier alpha value is -1.65. The lowest BCUT2D eigenvalue weighted by Crippen LogP contribution is -2.48. The number of aliphatic hydroxyl groups is 2. The Morgan fingerprint density at radius 1 is 1.24 bits per heavy atom. The van der Waals surface area contributed by atoms with E-state index in [0.29, 0.717) is 12.3 Å². The third-order valence-corrected chi connectivity index (χ3v) is 6.95. The van der Waals surface area contributed by atoms with E-state index in [1.54, 1.807) is 6.08 Å². The van der Waals surface area contributed by atoms with Gasteiger partial charge in [0.15, 0.2) is 0 Å². The van der Waals surface area contributed by atoms with Gasteiger partial charge in [-0.25, -0.2) is 0 Å². The second-order valence-corrected chi connectivity index (χ2v) is 8.49. The predicted octanol–water partition coefficient (Wildman–Crippen LogP) is 3.03. The molecule has 4 aliphatic rings. The summed E-state index contributed by atoms with van der Waals surface area (Å²) in [5.74, 6) is -1.42. The van der Waals surface area contributed by atoms with E-state index in [1.165, 1.54) is 12.5 Å². The third-order valence-electron chi connectivity index (χ3n) is 6.95. The molecule has 0 aliphatic heterocycles. The van der Waals surface area contributed by atoms with E-state index in [2.05, 4.69) is 32.1 Å². The number of fused-ring (bicyclic) bond motifs is 5. The van der Waals surface area contributed by atoms with Crippen molar-refractivity contribution in [2.45, 2.75) is 51.9 Å². The molecular weight excluding hydrogens is 316 g/mol. The molecule has 0 spiro atoms. The van der Waals surface area contributed by atoms with E-state index in [-0.39, 0.29) is 22.9 Å². The zero-order valence-electron chi connectivity index (χ0n) is 15.0. The highest BCUT2D eigenvalue weighted by Gasteiger charge is 2.55. The van der Waals surface area contributed by atoms with Crippen LogP contribution in [-0.4, -0.2) is 28.1 Å². The summed E-state index contributed by atoms with van der Waals surface area (Å²) < 4.78 is 5.13. The van der Waals surface area contributed by atoms with Crippen LogP contribution in [0.3, 0.4) is 0 Å². The van der Waals surface area contributed by atoms with Gasteiger partial charge in [0.1, 0.15) is 0 Å². The largest absolute Gasteiger partial charge is 0.429 e. The fourth-order valence-corrected chi connectivity index (χ4v) is 5.37. The number of carbonyl (C=O) groups excluding carboxylic acids is 1. The molecule has 4 rings (SSSR count). The van der Waals surface area contributed by atoms with Crippen LogP contribution in [0.2, 0.25) is 0 Å². The third kappa shape index (κ3) is 2.31. The van der Waals surface area contributed by atoms with E-state index >= 15 is 0 Å². The molecule has 0 heterocycles. The van der Waals surface area contributed by atoms with Crippen molar-refractivity contribution in [3.05, 3.63) is 47.6 Å². The first-order valence-electron chi connectivity index (χ1n) is 9.08. The molecule has 0 saturated heterocycles. The van der Waals surface area contributed by atoms with Gasteiger partial charge < -0.3 is 14.9 Å². The smallest absolute Gasteiger partial charge is 0.305 e. The number of carbonyl (C=O) groups is 1. The summed E-state index contributed by atoms with van der Waals surface area (Å²) in [5.41, 5.74) is 2.18. The second-order valence-electron chi connectivity index (χ2n) is 8.49. The molecule has 1 fully saturated rings. The van der Waals surface area contributed by atoms with E-state index in [9.17, 15) is 15.0 Å². The number of hydrogen-bond donors (Lipinski definition) is 2. The quantitative estimate of drug-likeness (QED) is 0.437. The van der Waals surface area contributed by atoms with E-state index in [4.69, 9.17) is 4.74 Å². The van der Waals surface area contributed by atoms with E-state index < -0.39 is 11.8 Å². The van der Waals surface area contributed by atoms with E-state index in [0.717, 1.165) is 18.4 Å². The van der Waals surface area contributed by atoms with Crippen LogP contribution in [0.4, 0.5) is 0 Å². The molecule has 1 saturated carbocycles. The van der Waals surface area contributed by atoms with Crippen molar-refractivity contribution < 1.29 is 19.7 Å². The minimum atomic E-state index is -1.55. The van der Waals surface area contributed by atoms with Gasteiger partial charge in [0.2, 0.25) is 5.79 Å². The number of ether oxygens (including phenoxy) is 1.